The van der Waals surface area contributed by atoms with E-state index in [0.717, 1.165) is 22.8 Å². The molecule has 0 fully saturated rings. The molecule has 0 saturated heterocycles. The van der Waals surface area contributed by atoms with Crippen molar-refractivity contribution < 1.29 is 14.3 Å². The van der Waals surface area contributed by atoms with Crippen molar-refractivity contribution in [1.82, 2.24) is 19.2 Å². The van der Waals surface area contributed by atoms with Crippen molar-refractivity contribution in [3.63, 3.8) is 0 Å². The number of aryl methyl sites for hydroxylation is 1. The topological polar surface area (TPSA) is 81.4 Å². The van der Waals surface area contributed by atoms with Crippen LogP contribution in [0.1, 0.15) is 43.8 Å². The molecule has 2 heterocycles. The Morgan fingerprint density at radius 3 is 2.50 bits per heavy atom. The van der Waals surface area contributed by atoms with Crippen molar-refractivity contribution in [2.45, 2.75) is 40.7 Å². The molecule has 3 aromatic rings. The highest BCUT2D eigenvalue weighted by atomic mass is 16.5. The van der Waals surface area contributed by atoms with E-state index in [1.165, 1.54) is 11.0 Å². The first-order valence-corrected chi connectivity index (χ1v) is 11.4. The summed E-state index contributed by atoms with van der Waals surface area (Å²) < 4.78 is 9.23. The normalized spacial score (nSPS) is 11.3. The molecule has 2 aromatic heterocycles. The van der Waals surface area contributed by atoms with E-state index >= 15 is 0 Å². The van der Waals surface area contributed by atoms with Crippen molar-refractivity contribution in [3.05, 3.63) is 65.6 Å². The quantitative estimate of drug-likeness (QED) is 0.478. The predicted molar refractivity (Wildman–Crippen MR) is 134 cm³/mol. The van der Waals surface area contributed by atoms with Gasteiger partial charge in [0.25, 0.3) is 0 Å². The second-order valence-electron chi connectivity index (χ2n) is 8.35. The van der Waals surface area contributed by atoms with E-state index in [1.54, 1.807) is 43.6 Å². The van der Waals surface area contributed by atoms with Crippen molar-refractivity contribution >= 4 is 23.6 Å². The molecule has 2 amide bonds. The second kappa shape index (κ2) is 10.9. The number of aromatic nitrogens is 3. The van der Waals surface area contributed by atoms with Crippen LogP contribution in [0.5, 0.6) is 5.75 Å². The third-order valence-corrected chi connectivity index (χ3v) is 5.65. The Kier molecular flexibility index (Phi) is 7.94. The molecular formula is C26H33N5O3. The number of rotatable bonds is 9. The number of anilines is 1. The van der Waals surface area contributed by atoms with E-state index in [0.29, 0.717) is 18.0 Å². The zero-order valence-corrected chi connectivity index (χ0v) is 20.7. The van der Waals surface area contributed by atoms with Gasteiger partial charge in [0.05, 0.1) is 13.3 Å². The van der Waals surface area contributed by atoms with Crippen LogP contribution in [0.3, 0.4) is 0 Å². The van der Waals surface area contributed by atoms with Gasteiger partial charge in [0.2, 0.25) is 11.8 Å². The highest BCUT2D eigenvalue weighted by Crippen LogP contribution is 2.23. The van der Waals surface area contributed by atoms with Crippen LogP contribution in [0.15, 0.2) is 48.7 Å². The predicted octanol–water partition coefficient (Wildman–Crippen LogP) is 4.38. The average molecular weight is 464 g/mol. The fraction of sp³-hybridized carbons (Fsp3) is 0.346. The summed E-state index contributed by atoms with van der Waals surface area (Å²) in [7, 11) is 1.59. The van der Waals surface area contributed by atoms with Crippen molar-refractivity contribution in [2.75, 3.05) is 25.5 Å². The van der Waals surface area contributed by atoms with E-state index in [2.05, 4.69) is 28.8 Å². The van der Waals surface area contributed by atoms with Gasteiger partial charge in [-0.25, -0.2) is 4.68 Å². The molecule has 0 unspecified atom stereocenters. The Bertz CT molecular complexity index is 1170. The van der Waals surface area contributed by atoms with Gasteiger partial charge in [0.15, 0.2) is 0 Å². The summed E-state index contributed by atoms with van der Waals surface area (Å²) in [6, 6.07) is 11.3. The molecule has 0 aliphatic heterocycles. The van der Waals surface area contributed by atoms with Gasteiger partial charge >= 0.3 is 0 Å². The summed E-state index contributed by atoms with van der Waals surface area (Å²) in [6.07, 6.45) is 5.13. The molecule has 8 nitrogen and oxygen atoms in total. The van der Waals surface area contributed by atoms with Crippen molar-refractivity contribution in [2.24, 2.45) is 0 Å². The van der Waals surface area contributed by atoms with Crippen LogP contribution in [0.25, 0.3) is 11.9 Å². The molecule has 1 aromatic carbocycles. The van der Waals surface area contributed by atoms with Crippen molar-refractivity contribution in [1.29, 1.82) is 0 Å². The Morgan fingerprint density at radius 1 is 1.18 bits per heavy atom. The van der Waals surface area contributed by atoms with Gasteiger partial charge < -0.3 is 19.5 Å². The number of carbonyl (C=O) groups excluding carboxylic acids is 2. The zero-order valence-electron chi connectivity index (χ0n) is 20.7. The molecule has 0 saturated carbocycles. The second-order valence-corrected chi connectivity index (χ2v) is 8.35. The van der Waals surface area contributed by atoms with Crippen LogP contribution < -0.4 is 10.1 Å². The lowest BCUT2D eigenvalue weighted by Crippen LogP contribution is -2.36. The zero-order chi connectivity index (χ0) is 24.8. The third kappa shape index (κ3) is 5.57. The lowest BCUT2D eigenvalue weighted by Gasteiger charge is -2.18. The lowest BCUT2D eigenvalue weighted by atomic mass is 10.2. The van der Waals surface area contributed by atoms with Crippen LogP contribution in [0, 0.1) is 13.8 Å². The largest absolute Gasteiger partial charge is 0.497 e. The first-order valence-electron chi connectivity index (χ1n) is 11.4. The van der Waals surface area contributed by atoms with Gasteiger partial charge in [0, 0.05) is 41.8 Å². The molecule has 0 aliphatic carbocycles. The Labute approximate surface area is 200 Å². The number of likely N-dealkylation sites (N-methyl/N-ethyl adjacent to an activating group) is 1. The molecule has 0 spiro atoms. The highest BCUT2D eigenvalue weighted by Gasteiger charge is 2.16. The Morgan fingerprint density at radius 2 is 1.88 bits per heavy atom. The summed E-state index contributed by atoms with van der Waals surface area (Å²) in [4.78, 5) is 26.8. The summed E-state index contributed by atoms with van der Waals surface area (Å²) >= 11 is 0. The van der Waals surface area contributed by atoms with E-state index in [4.69, 9.17) is 4.74 Å². The first-order chi connectivity index (χ1) is 16.2. The molecule has 180 valence electrons. The third-order valence-electron chi connectivity index (χ3n) is 5.65. The average Bonchev–Trinajstić information content (AvgIpc) is 3.40. The maximum atomic E-state index is 12.8. The minimum absolute atomic E-state index is 0.0295. The van der Waals surface area contributed by atoms with Gasteiger partial charge in [-0.3, -0.25) is 9.59 Å². The van der Waals surface area contributed by atoms with E-state index in [9.17, 15) is 9.59 Å². The number of nitrogens with zero attached hydrogens (tertiary/aromatic N) is 4. The summed E-state index contributed by atoms with van der Waals surface area (Å²) in [5, 5.41) is 7.24. The fourth-order valence-corrected chi connectivity index (χ4v) is 3.85. The first kappa shape index (κ1) is 24.8. The van der Waals surface area contributed by atoms with E-state index in [1.807, 2.05) is 37.6 Å². The summed E-state index contributed by atoms with van der Waals surface area (Å²) in [6.45, 7) is 10.5. The number of hydrogen-bond donors (Lipinski definition) is 1. The minimum Gasteiger partial charge on any atom is -0.497 e. The van der Waals surface area contributed by atoms with Crippen LogP contribution in [0.2, 0.25) is 0 Å². The molecule has 0 radical (unpaired) electrons. The lowest BCUT2D eigenvalue weighted by molar-refractivity contribution is -0.130. The number of ether oxygens (including phenoxy) is 1. The molecule has 1 N–H and O–H groups in total. The van der Waals surface area contributed by atoms with Gasteiger partial charge in [-0.15, -0.1) is 0 Å². The van der Waals surface area contributed by atoms with Crippen LogP contribution in [-0.4, -0.2) is 51.3 Å². The van der Waals surface area contributed by atoms with E-state index < -0.39 is 0 Å². The number of benzene rings is 1. The van der Waals surface area contributed by atoms with Gasteiger partial charge in [-0.1, -0.05) is 0 Å². The maximum absolute atomic E-state index is 12.8. The highest BCUT2D eigenvalue weighted by molar-refractivity contribution is 5.98. The number of nitrogens with one attached hydrogen (secondary N) is 1. The van der Waals surface area contributed by atoms with E-state index in [-0.39, 0.29) is 24.4 Å². The van der Waals surface area contributed by atoms with Crippen LogP contribution >= 0.6 is 0 Å². The fourth-order valence-electron chi connectivity index (χ4n) is 3.85. The molecule has 8 heteroatoms. The van der Waals surface area contributed by atoms with Crippen LogP contribution in [-0.2, 0) is 9.59 Å². The molecule has 34 heavy (non-hydrogen) atoms. The molecule has 0 atom stereocenters. The number of amides is 2. The Balaban J connectivity index is 1.70. The van der Waals surface area contributed by atoms with Crippen molar-refractivity contribution in [3.8, 4) is 11.6 Å². The van der Waals surface area contributed by atoms with Gasteiger partial charge in [-0.2, -0.15) is 5.10 Å². The molecule has 3 rings (SSSR count). The standard InChI is InChI=1S/C26H33N5O3/c1-7-29(17-24(32)28-22-9-11-23(34-6)12-10-22)26(33)13-8-21-16-19(4)30(20(21)5)25-14-15-27-31(25)18(2)3/h8-16,18H,7,17H2,1-6H3,(H,28,32)/b13-8+. The Hall–Kier alpha value is -3.81. The molecular weight excluding hydrogens is 430 g/mol. The minimum atomic E-state index is -0.256. The summed E-state index contributed by atoms with van der Waals surface area (Å²) in [5.74, 6) is 1.22. The number of hydrogen-bond acceptors (Lipinski definition) is 4. The van der Waals surface area contributed by atoms with Crippen LogP contribution in [0.4, 0.5) is 5.69 Å². The summed E-state index contributed by atoms with van der Waals surface area (Å²) in [5.41, 5.74) is 3.67. The monoisotopic (exact) mass is 463 g/mol. The maximum Gasteiger partial charge on any atom is 0.247 e. The van der Waals surface area contributed by atoms with Gasteiger partial charge in [0.1, 0.15) is 18.1 Å². The number of methoxy groups -OCH3 is 1. The van der Waals surface area contributed by atoms with Gasteiger partial charge in [-0.05, 0) is 76.6 Å². The molecule has 0 bridgehead atoms. The molecule has 0 aliphatic rings. The number of carbonyl (C=O) groups is 2. The smallest absolute Gasteiger partial charge is 0.247 e. The SMILES string of the molecule is CCN(CC(=O)Nc1ccc(OC)cc1)C(=O)/C=C/c1cc(C)n(-c2ccnn2C(C)C)c1C.